The minimum atomic E-state index is 0.691. The van der Waals surface area contributed by atoms with Gasteiger partial charge in [-0.05, 0) is 71.6 Å². The first-order valence-electron chi connectivity index (χ1n) is 17.4. The summed E-state index contributed by atoms with van der Waals surface area (Å²) in [7, 11) is 0. The molecule has 4 heterocycles. The maximum absolute atomic E-state index is 5.70. The number of hydrogen-bond acceptors (Lipinski definition) is 5. The molecular weight excluding hydrogens is 691 g/mol. The second kappa shape index (κ2) is 11.6. The Morgan fingerprint density at radius 2 is 1.17 bits per heavy atom. The average Bonchev–Trinajstić information content (AvgIpc) is 3.73. The number of hydrogen-bond donors (Lipinski definition) is 0. The van der Waals surface area contributed by atoms with Crippen LogP contribution in [0.2, 0.25) is 0 Å². The van der Waals surface area contributed by atoms with Crippen LogP contribution in [0.25, 0.3) is 81.2 Å². The van der Waals surface area contributed by atoms with Crippen LogP contribution in [-0.2, 0) is 0 Å². The standard InChI is InChI=1S/C46H29N3S3/c1-26-14-3-4-15-28(26)39-27(2)29-16-5-6-17-30(29)40-31-18-7-9-21-34(31)49(43(39)40)46-47-42(41-32-19-8-10-22-35(32)52-45(41)48-46)33-20-13-25-38-44(33)51-37-24-12-11-23-36(37)50-38/h3-25H,1-2H3. The summed E-state index contributed by atoms with van der Waals surface area (Å²) in [5.41, 5.74) is 9.32. The molecule has 6 heteroatoms. The first-order chi connectivity index (χ1) is 25.6. The Bertz CT molecular complexity index is 3120. The Labute approximate surface area is 313 Å². The Balaban J connectivity index is 1.31. The van der Waals surface area contributed by atoms with Gasteiger partial charge in [-0.15, -0.1) is 11.3 Å². The van der Waals surface area contributed by atoms with Gasteiger partial charge in [-0.1, -0.05) is 133 Å². The molecule has 3 nitrogen and oxygen atoms in total. The maximum Gasteiger partial charge on any atom is 0.236 e. The summed E-state index contributed by atoms with van der Waals surface area (Å²) in [6.07, 6.45) is 0. The summed E-state index contributed by atoms with van der Waals surface area (Å²) in [4.78, 5) is 17.3. The zero-order valence-corrected chi connectivity index (χ0v) is 30.8. The normalized spacial score (nSPS) is 12.7. The van der Waals surface area contributed by atoms with E-state index in [9.17, 15) is 0 Å². The van der Waals surface area contributed by atoms with Crippen LogP contribution < -0.4 is 0 Å². The molecule has 11 rings (SSSR count). The molecule has 0 atom stereocenters. The molecule has 0 amide bonds. The van der Waals surface area contributed by atoms with E-state index in [0.29, 0.717) is 5.95 Å². The van der Waals surface area contributed by atoms with Gasteiger partial charge in [0.25, 0.3) is 0 Å². The van der Waals surface area contributed by atoms with E-state index >= 15 is 0 Å². The monoisotopic (exact) mass is 719 g/mol. The van der Waals surface area contributed by atoms with E-state index in [4.69, 9.17) is 9.97 Å². The van der Waals surface area contributed by atoms with Crippen molar-refractivity contribution in [3.63, 3.8) is 0 Å². The molecule has 52 heavy (non-hydrogen) atoms. The number of aromatic nitrogens is 3. The van der Waals surface area contributed by atoms with E-state index in [0.717, 1.165) is 32.5 Å². The minimum Gasteiger partial charge on any atom is -0.277 e. The van der Waals surface area contributed by atoms with Crippen molar-refractivity contribution in [1.29, 1.82) is 0 Å². The number of para-hydroxylation sites is 1. The largest absolute Gasteiger partial charge is 0.277 e. The van der Waals surface area contributed by atoms with Crippen LogP contribution >= 0.6 is 34.9 Å². The number of thiophene rings is 1. The quantitative estimate of drug-likeness (QED) is 0.182. The fourth-order valence-electron chi connectivity index (χ4n) is 8.12. The van der Waals surface area contributed by atoms with Gasteiger partial charge in [-0.2, -0.15) is 0 Å². The van der Waals surface area contributed by atoms with Crippen LogP contribution in [0.3, 0.4) is 0 Å². The number of benzene rings is 7. The summed E-state index contributed by atoms with van der Waals surface area (Å²) in [6.45, 7) is 4.49. The van der Waals surface area contributed by atoms with Gasteiger partial charge < -0.3 is 0 Å². The molecule has 3 aromatic heterocycles. The fourth-order valence-corrected chi connectivity index (χ4v) is 11.6. The van der Waals surface area contributed by atoms with Crippen molar-refractivity contribution in [2.45, 2.75) is 33.4 Å². The molecule has 0 saturated heterocycles. The SMILES string of the molecule is Cc1ccccc1-c1c(C)c2ccccc2c2c3ccccc3n(-c3nc(-c4cccc5c4Sc4ccccc4S5)c4c(n3)sc3ccccc34)c12. The second-order valence-electron chi connectivity index (χ2n) is 13.4. The van der Waals surface area contributed by atoms with Crippen molar-refractivity contribution in [3.05, 3.63) is 151 Å². The molecule has 0 radical (unpaired) electrons. The summed E-state index contributed by atoms with van der Waals surface area (Å²) >= 11 is 5.44. The van der Waals surface area contributed by atoms with Gasteiger partial charge in [0.05, 0.1) is 16.7 Å². The number of nitrogens with zero attached hydrogens (tertiary/aromatic N) is 3. The lowest BCUT2D eigenvalue weighted by Crippen LogP contribution is -2.05. The Morgan fingerprint density at radius 3 is 2.02 bits per heavy atom. The molecule has 10 aromatic rings. The number of fused-ring (bicyclic) bond motifs is 10. The number of rotatable bonds is 3. The van der Waals surface area contributed by atoms with Crippen LogP contribution in [0, 0.1) is 13.8 Å². The van der Waals surface area contributed by atoms with Gasteiger partial charge in [0.15, 0.2) is 0 Å². The van der Waals surface area contributed by atoms with Crippen molar-refractivity contribution in [3.8, 4) is 28.3 Å². The minimum absolute atomic E-state index is 0.691. The lowest BCUT2D eigenvalue weighted by molar-refractivity contribution is 1.01. The predicted octanol–water partition coefficient (Wildman–Crippen LogP) is 13.7. The Morgan fingerprint density at radius 1 is 0.519 bits per heavy atom. The smallest absolute Gasteiger partial charge is 0.236 e. The highest BCUT2D eigenvalue weighted by Gasteiger charge is 2.27. The summed E-state index contributed by atoms with van der Waals surface area (Å²) < 4.78 is 3.57. The van der Waals surface area contributed by atoms with Crippen molar-refractivity contribution in [2.24, 2.45) is 0 Å². The van der Waals surface area contributed by atoms with Gasteiger partial charge >= 0.3 is 0 Å². The zero-order chi connectivity index (χ0) is 34.5. The van der Waals surface area contributed by atoms with Crippen molar-refractivity contribution in [2.75, 3.05) is 0 Å². The van der Waals surface area contributed by atoms with Crippen LogP contribution in [0.4, 0.5) is 0 Å². The van der Waals surface area contributed by atoms with Crippen molar-refractivity contribution < 1.29 is 0 Å². The molecule has 7 aromatic carbocycles. The molecule has 1 aliphatic rings. The average molecular weight is 720 g/mol. The third-order valence-electron chi connectivity index (χ3n) is 10.4. The van der Waals surface area contributed by atoms with Gasteiger partial charge in [0.1, 0.15) is 4.83 Å². The van der Waals surface area contributed by atoms with Crippen LogP contribution in [0.15, 0.2) is 159 Å². The van der Waals surface area contributed by atoms with E-state index in [1.807, 2.05) is 23.5 Å². The van der Waals surface area contributed by atoms with E-state index in [2.05, 4.69) is 158 Å². The molecule has 246 valence electrons. The molecule has 0 saturated carbocycles. The summed E-state index contributed by atoms with van der Waals surface area (Å²) in [6, 6.07) is 50.4. The van der Waals surface area contributed by atoms with E-state index in [-0.39, 0.29) is 0 Å². The Kier molecular flexibility index (Phi) is 6.72. The number of aryl methyl sites for hydroxylation is 2. The van der Waals surface area contributed by atoms with Gasteiger partial charge in [-0.25, -0.2) is 9.97 Å². The summed E-state index contributed by atoms with van der Waals surface area (Å²) in [5, 5.41) is 7.25. The van der Waals surface area contributed by atoms with E-state index in [1.165, 1.54) is 73.5 Å². The molecule has 0 unspecified atom stereocenters. The highest BCUT2D eigenvalue weighted by molar-refractivity contribution is 8.05. The molecule has 0 N–H and O–H groups in total. The highest BCUT2D eigenvalue weighted by Crippen LogP contribution is 2.53. The van der Waals surface area contributed by atoms with Gasteiger partial charge in [-0.3, -0.25) is 4.57 Å². The Hall–Kier alpha value is -5.40. The topological polar surface area (TPSA) is 30.7 Å². The molecule has 0 bridgehead atoms. The first-order valence-corrected chi connectivity index (χ1v) is 19.9. The third-order valence-corrected chi connectivity index (χ3v) is 14.1. The van der Waals surface area contributed by atoms with Crippen LogP contribution in [0.5, 0.6) is 0 Å². The van der Waals surface area contributed by atoms with E-state index < -0.39 is 0 Å². The third kappa shape index (κ3) is 4.35. The predicted molar refractivity (Wildman–Crippen MR) is 222 cm³/mol. The van der Waals surface area contributed by atoms with Crippen molar-refractivity contribution in [1.82, 2.24) is 14.5 Å². The summed E-state index contributed by atoms with van der Waals surface area (Å²) in [5.74, 6) is 0.691. The van der Waals surface area contributed by atoms with Crippen LogP contribution in [-0.4, -0.2) is 14.5 Å². The maximum atomic E-state index is 5.70. The van der Waals surface area contributed by atoms with E-state index in [1.54, 1.807) is 11.3 Å². The molecule has 0 spiro atoms. The fraction of sp³-hybridized carbons (Fsp3) is 0.0435. The molecule has 0 aliphatic carbocycles. The first kappa shape index (κ1) is 30.2. The van der Waals surface area contributed by atoms with Crippen LogP contribution in [0.1, 0.15) is 11.1 Å². The lowest BCUT2D eigenvalue weighted by atomic mass is 9.89. The van der Waals surface area contributed by atoms with Gasteiger partial charge in [0.2, 0.25) is 5.95 Å². The van der Waals surface area contributed by atoms with Gasteiger partial charge in [0, 0.05) is 57.0 Å². The molecule has 0 fully saturated rings. The second-order valence-corrected chi connectivity index (χ2v) is 16.5. The lowest BCUT2D eigenvalue weighted by Gasteiger charge is -2.21. The zero-order valence-electron chi connectivity index (χ0n) is 28.3. The molecule has 1 aliphatic heterocycles. The molecular formula is C46H29N3S3. The highest BCUT2D eigenvalue weighted by atomic mass is 32.2. The van der Waals surface area contributed by atoms with Crippen molar-refractivity contribution >= 4 is 87.7 Å².